The first-order chi connectivity index (χ1) is 10.1. The summed E-state index contributed by atoms with van der Waals surface area (Å²) in [7, 11) is -3.42. The molecule has 2 N–H and O–H groups in total. The minimum atomic E-state index is -3.42. The molecule has 0 atom stereocenters. The van der Waals surface area contributed by atoms with Crippen LogP contribution in [-0.2, 0) is 21.2 Å². The Morgan fingerprint density at radius 1 is 1.19 bits per heavy atom. The van der Waals surface area contributed by atoms with E-state index in [4.69, 9.17) is 4.74 Å². The van der Waals surface area contributed by atoms with Gasteiger partial charge in [0.2, 0.25) is 10.0 Å². The summed E-state index contributed by atoms with van der Waals surface area (Å²) in [5.41, 5.74) is 1.14. The molecule has 1 aliphatic heterocycles. The quantitative estimate of drug-likeness (QED) is 0.745. The van der Waals surface area contributed by atoms with Gasteiger partial charge in [0, 0.05) is 19.3 Å². The fourth-order valence-corrected chi connectivity index (χ4v) is 3.65. The fourth-order valence-electron chi connectivity index (χ4n) is 2.35. The Hall–Kier alpha value is -0.950. The van der Waals surface area contributed by atoms with Gasteiger partial charge in [0.1, 0.15) is 0 Å². The van der Waals surface area contributed by atoms with Crippen LogP contribution in [0.2, 0.25) is 0 Å². The van der Waals surface area contributed by atoms with Crippen LogP contribution in [0.4, 0.5) is 0 Å². The first-order valence-electron chi connectivity index (χ1n) is 7.51. The molecule has 0 aromatic heterocycles. The highest BCUT2D eigenvalue weighted by Crippen LogP contribution is 2.14. The minimum absolute atomic E-state index is 0.0165. The molecule has 0 saturated carbocycles. The molecule has 1 aliphatic rings. The van der Waals surface area contributed by atoms with E-state index in [1.54, 1.807) is 12.1 Å². The monoisotopic (exact) mass is 312 g/mol. The van der Waals surface area contributed by atoms with E-state index < -0.39 is 10.0 Å². The van der Waals surface area contributed by atoms with Crippen LogP contribution in [0.1, 0.15) is 25.3 Å². The van der Waals surface area contributed by atoms with Crippen molar-refractivity contribution in [3.8, 4) is 0 Å². The van der Waals surface area contributed by atoms with Gasteiger partial charge in [0.25, 0.3) is 0 Å². The lowest BCUT2D eigenvalue weighted by atomic mass is 10.1. The summed E-state index contributed by atoms with van der Waals surface area (Å²) in [6.07, 6.45) is 2.38. The van der Waals surface area contributed by atoms with Crippen LogP contribution in [0.5, 0.6) is 0 Å². The van der Waals surface area contributed by atoms with Gasteiger partial charge >= 0.3 is 0 Å². The molecule has 1 fully saturated rings. The minimum Gasteiger partial charge on any atom is -0.381 e. The maximum Gasteiger partial charge on any atom is 0.240 e. The SMILES string of the molecule is CCNCCc1ccc(S(=O)(=O)NC2CCOCC2)cc1. The summed E-state index contributed by atoms with van der Waals surface area (Å²) < 4.78 is 32.6. The van der Waals surface area contributed by atoms with Crippen molar-refractivity contribution >= 4 is 10.0 Å². The van der Waals surface area contributed by atoms with Gasteiger partial charge in [-0.05, 0) is 50.0 Å². The fraction of sp³-hybridized carbons (Fsp3) is 0.600. The van der Waals surface area contributed by atoms with Crippen LogP contribution in [-0.4, -0.2) is 40.8 Å². The summed E-state index contributed by atoms with van der Waals surface area (Å²) >= 11 is 0. The van der Waals surface area contributed by atoms with Crippen LogP contribution in [0.3, 0.4) is 0 Å². The molecule has 0 bridgehead atoms. The maximum absolute atomic E-state index is 12.3. The maximum atomic E-state index is 12.3. The second-order valence-corrected chi connectivity index (χ2v) is 6.97. The summed E-state index contributed by atoms with van der Waals surface area (Å²) in [4.78, 5) is 0.334. The highest BCUT2D eigenvalue weighted by atomic mass is 32.2. The molecule has 21 heavy (non-hydrogen) atoms. The second kappa shape index (κ2) is 7.89. The third-order valence-electron chi connectivity index (χ3n) is 3.62. The molecule has 0 amide bonds. The normalized spacial score (nSPS) is 17.0. The Labute approximate surface area is 127 Å². The predicted octanol–water partition coefficient (Wildman–Crippen LogP) is 1.30. The highest BCUT2D eigenvalue weighted by Gasteiger charge is 2.21. The number of ether oxygens (including phenoxy) is 1. The van der Waals surface area contributed by atoms with Gasteiger partial charge in [0.15, 0.2) is 0 Å². The van der Waals surface area contributed by atoms with Gasteiger partial charge in [-0.15, -0.1) is 0 Å². The third kappa shape index (κ3) is 5.07. The molecule has 2 rings (SSSR count). The number of hydrogen-bond donors (Lipinski definition) is 2. The van der Waals surface area contributed by atoms with E-state index in [1.807, 2.05) is 12.1 Å². The van der Waals surface area contributed by atoms with Crippen molar-refractivity contribution in [1.82, 2.24) is 10.0 Å². The van der Waals surface area contributed by atoms with Crippen LogP contribution in [0.25, 0.3) is 0 Å². The number of rotatable bonds is 7. The molecule has 6 heteroatoms. The highest BCUT2D eigenvalue weighted by molar-refractivity contribution is 7.89. The van der Waals surface area contributed by atoms with Crippen molar-refractivity contribution in [1.29, 1.82) is 0 Å². The van der Waals surface area contributed by atoms with Gasteiger partial charge in [-0.3, -0.25) is 0 Å². The van der Waals surface area contributed by atoms with E-state index in [0.717, 1.165) is 37.9 Å². The molecule has 118 valence electrons. The van der Waals surface area contributed by atoms with Gasteiger partial charge in [-0.2, -0.15) is 0 Å². The molecule has 1 aromatic carbocycles. The number of nitrogens with one attached hydrogen (secondary N) is 2. The Morgan fingerprint density at radius 2 is 1.86 bits per heavy atom. The average Bonchev–Trinajstić information content (AvgIpc) is 2.49. The number of likely N-dealkylation sites (N-methyl/N-ethyl adjacent to an activating group) is 1. The molecule has 5 nitrogen and oxygen atoms in total. The second-order valence-electron chi connectivity index (χ2n) is 5.26. The van der Waals surface area contributed by atoms with Gasteiger partial charge in [0.05, 0.1) is 4.90 Å². The zero-order valence-electron chi connectivity index (χ0n) is 12.5. The Bertz CT molecular complexity index is 522. The number of benzene rings is 1. The zero-order chi connectivity index (χ0) is 15.1. The van der Waals surface area contributed by atoms with E-state index in [0.29, 0.717) is 18.1 Å². The summed E-state index contributed by atoms with van der Waals surface area (Å²) in [5, 5.41) is 3.25. The van der Waals surface area contributed by atoms with Crippen molar-refractivity contribution in [3.63, 3.8) is 0 Å². The van der Waals surface area contributed by atoms with Crippen molar-refractivity contribution in [2.45, 2.75) is 37.1 Å². The largest absolute Gasteiger partial charge is 0.381 e. The molecule has 1 saturated heterocycles. The van der Waals surface area contributed by atoms with Gasteiger partial charge in [-0.25, -0.2) is 13.1 Å². The number of hydrogen-bond acceptors (Lipinski definition) is 4. The third-order valence-corrected chi connectivity index (χ3v) is 5.15. The summed E-state index contributed by atoms with van der Waals surface area (Å²) in [5.74, 6) is 0. The van der Waals surface area contributed by atoms with E-state index in [-0.39, 0.29) is 6.04 Å². The molecule has 0 spiro atoms. The lowest BCUT2D eigenvalue weighted by Gasteiger charge is -2.23. The lowest BCUT2D eigenvalue weighted by molar-refractivity contribution is 0.0832. The molecular weight excluding hydrogens is 288 g/mol. The summed E-state index contributed by atoms with van der Waals surface area (Å²) in [6, 6.07) is 7.12. The summed E-state index contributed by atoms with van der Waals surface area (Å²) in [6.45, 7) is 5.16. The lowest BCUT2D eigenvalue weighted by Crippen LogP contribution is -2.38. The molecule has 1 aromatic rings. The van der Waals surface area contributed by atoms with Crippen molar-refractivity contribution in [2.75, 3.05) is 26.3 Å². The Balaban J connectivity index is 1.95. The van der Waals surface area contributed by atoms with E-state index >= 15 is 0 Å². The van der Waals surface area contributed by atoms with Crippen molar-refractivity contribution in [2.24, 2.45) is 0 Å². The van der Waals surface area contributed by atoms with Crippen molar-refractivity contribution in [3.05, 3.63) is 29.8 Å². The topological polar surface area (TPSA) is 67.4 Å². The standard InChI is InChI=1S/C15H24N2O3S/c1-2-16-10-7-13-3-5-15(6-4-13)21(18,19)17-14-8-11-20-12-9-14/h3-6,14,16-17H,2,7-12H2,1H3. The zero-order valence-corrected chi connectivity index (χ0v) is 13.3. The molecule has 0 radical (unpaired) electrons. The average molecular weight is 312 g/mol. The van der Waals surface area contributed by atoms with Crippen LogP contribution in [0, 0.1) is 0 Å². The van der Waals surface area contributed by atoms with E-state index in [9.17, 15) is 8.42 Å². The van der Waals surface area contributed by atoms with Crippen LogP contribution >= 0.6 is 0 Å². The Kier molecular flexibility index (Phi) is 6.17. The smallest absolute Gasteiger partial charge is 0.240 e. The molecule has 0 unspecified atom stereocenters. The van der Waals surface area contributed by atoms with Gasteiger partial charge in [-0.1, -0.05) is 19.1 Å². The predicted molar refractivity (Wildman–Crippen MR) is 82.9 cm³/mol. The van der Waals surface area contributed by atoms with Crippen LogP contribution < -0.4 is 10.0 Å². The van der Waals surface area contributed by atoms with Crippen molar-refractivity contribution < 1.29 is 13.2 Å². The molecule has 1 heterocycles. The van der Waals surface area contributed by atoms with E-state index in [2.05, 4.69) is 17.0 Å². The first-order valence-corrected chi connectivity index (χ1v) is 9.00. The first kappa shape index (κ1) is 16.4. The Morgan fingerprint density at radius 3 is 2.48 bits per heavy atom. The number of sulfonamides is 1. The van der Waals surface area contributed by atoms with E-state index in [1.165, 1.54) is 0 Å². The van der Waals surface area contributed by atoms with Crippen LogP contribution in [0.15, 0.2) is 29.2 Å². The molecule has 0 aliphatic carbocycles. The molecular formula is C15H24N2O3S. The van der Waals surface area contributed by atoms with Gasteiger partial charge < -0.3 is 10.1 Å².